The highest BCUT2D eigenvalue weighted by atomic mass is 35.7. The first kappa shape index (κ1) is 13.9. The summed E-state index contributed by atoms with van der Waals surface area (Å²) in [5, 5.41) is 0. The number of rotatable bonds is 1. The molecule has 0 heterocycles. The van der Waals surface area contributed by atoms with E-state index in [2.05, 4.69) is 59.8 Å². The molecule has 5 heteroatoms. The molecule has 0 bridgehead atoms. The fourth-order valence-electron chi connectivity index (χ4n) is 1.26. The van der Waals surface area contributed by atoms with Gasteiger partial charge in [-0.1, -0.05) is 60.7 Å². The van der Waals surface area contributed by atoms with Crippen molar-refractivity contribution in [3.05, 3.63) is 60.7 Å². The van der Waals surface area contributed by atoms with Gasteiger partial charge in [-0.2, -0.15) is 0 Å². The van der Waals surface area contributed by atoms with Crippen LogP contribution in [-0.4, -0.2) is 9.79 Å². The summed E-state index contributed by atoms with van der Waals surface area (Å²) in [6.07, 6.45) is 0. The van der Waals surface area contributed by atoms with Crippen LogP contribution < -0.4 is 0 Å². The van der Waals surface area contributed by atoms with Crippen LogP contribution in [0.4, 0.5) is 0 Å². The van der Waals surface area contributed by atoms with Gasteiger partial charge in [0.2, 0.25) is 0 Å². The van der Waals surface area contributed by atoms with Gasteiger partial charge in [0.15, 0.2) is 0 Å². The average molecular weight is 271 g/mol. The zero-order valence-corrected chi connectivity index (χ0v) is 10.6. The normalized spacial score (nSPS) is 10.3. The van der Waals surface area contributed by atoms with Crippen molar-refractivity contribution in [2.75, 3.05) is 0 Å². The molecule has 0 aliphatic heterocycles. The Morgan fingerprint density at radius 1 is 0.765 bits per heavy atom. The van der Waals surface area contributed by atoms with Gasteiger partial charge >= 0.3 is 6.95 Å². The highest BCUT2D eigenvalue weighted by Crippen LogP contribution is 2.39. The van der Waals surface area contributed by atoms with Crippen LogP contribution in [0.15, 0.2) is 60.7 Å². The third-order valence-electron chi connectivity index (χ3n) is 1.88. The van der Waals surface area contributed by atoms with Crippen LogP contribution in [0.3, 0.4) is 0 Å². The van der Waals surface area contributed by atoms with E-state index in [4.69, 9.17) is 14.4 Å². The van der Waals surface area contributed by atoms with Crippen LogP contribution >= 0.6 is 18.2 Å². The van der Waals surface area contributed by atoms with E-state index in [1.54, 1.807) is 0 Å². The Morgan fingerprint density at radius 2 is 1.00 bits per heavy atom. The highest BCUT2D eigenvalue weighted by Gasteiger charge is 2.01. The summed E-state index contributed by atoms with van der Waals surface area (Å²) in [4.78, 5) is 14.8. The lowest BCUT2D eigenvalue weighted by atomic mass is 10.1. The monoisotopic (exact) mass is 270 g/mol. The van der Waals surface area contributed by atoms with Crippen molar-refractivity contribution in [1.29, 1.82) is 0 Å². The predicted octanol–water partition coefficient (Wildman–Crippen LogP) is 3.67. The minimum Gasteiger partial charge on any atom is -0.313 e. The Morgan fingerprint density at radius 3 is 1.24 bits per heavy atom. The molecule has 17 heavy (non-hydrogen) atoms. The van der Waals surface area contributed by atoms with E-state index in [9.17, 15) is 0 Å². The van der Waals surface area contributed by atoms with Crippen molar-refractivity contribution in [3.63, 3.8) is 0 Å². The lowest BCUT2D eigenvalue weighted by molar-refractivity contribution is 0.395. The van der Waals surface area contributed by atoms with Gasteiger partial charge in [0.05, 0.1) is 0 Å². The summed E-state index contributed by atoms with van der Waals surface area (Å²) in [6.45, 7) is -4.17. The third-order valence-corrected chi connectivity index (χ3v) is 1.88. The first-order chi connectivity index (χ1) is 7.97. The molecule has 0 aliphatic rings. The standard InChI is InChI=1S/C12H10.ClH2O3P/c1-3-7-11(8-4-1)12-9-5-2-6-10-12;1-5(2,3)4/h1-10H;(H2,2,3,4). The second-order valence-corrected chi connectivity index (χ2v) is 5.47. The maximum atomic E-state index is 9.09. The molecule has 0 aliphatic carbocycles. The maximum absolute atomic E-state index is 9.09. The molecular formula is C12H12ClO3P. The highest BCUT2D eigenvalue weighted by molar-refractivity contribution is 7.79. The molecule has 2 rings (SSSR count). The van der Waals surface area contributed by atoms with Gasteiger partial charge in [-0.05, 0) is 11.1 Å². The Hall–Kier alpha value is -1.12. The van der Waals surface area contributed by atoms with Gasteiger partial charge < -0.3 is 9.79 Å². The van der Waals surface area contributed by atoms with Gasteiger partial charge in [0.1, 0.15) is 0 Å². The first-order valence-electron chi connectivity index (χ1n) is 4.82. The Balaban J connectivity index is 0.000000249. The minimum absolute atomic E-state index is 1.28. The summed E-state index contributed by atoms with van der Waals surface area (Å²) in [5.74, 6) is 0. The zero-order chi connectivity index (χ0) is 12.7. The van der Waals surface area contributed by atoms with E-state index < -0.39 is 6.95 Å². The van der Waals surface area contributed by atoms with Gasteiger partial charge in [0.25, 0.3) is 0 Å². The smallest absolute Gasteiger partial charge is 0.313 e. The second-order valence-electron chi connectivity index (χ2n) is 3.20. The van der Waals surface area contributed by atoms with Crippen molar-refractivity contribution in [2.45, 2.75) is 0 Å². The second kappa shape index (κ2) is 6.58. The van der Waals surface area contributed by atoms with Crippen LogP contribution in [0.5, 0.6) is 0 Å². The maximum Gasteiger partial charge on any atom is 0.419 e. The molecule has 2 aromatic carbocycles. The van der Waals surface area contributed by atoms with Gasteiger partial charge in [-0.25, -0.2) is 4.57 Å². The molecule has 2 N–H and O–H groups in total. The van der Waals surface area contributed by atoms with Crippen LogP contribution in [0.2, 0.25) is 0 Å². The Labute approximate surface area is 105 Å². The lowest BCUT2D eigenvalue weighted by Crippen LogP contribution is -1.73. The summed E-state index contributed by atoms with van der Waals surface area (Å²) >= 11 is 4.20. The van der Waals surface area contributed by atoms with E-state index in [1.165, 1.54) is 11.1 Å². The zero-order valence-electron chi connectivity index (χ0n) is 8.90. The van der Waals surface area contributed by atoms with Crippen LogP contribution in [-0.2, 0) is 4.57 Å². The molecule has 0 aromatic heterocycles. The molecule has 90 valence electrons. The number of hydrogen-bond donors (Lipinski definition) is 2. The Kier molecular flexibility index (Phi) is 5.39. The largest absolute Gasteiger partial charge is 0.419 e. The minimum atomic E-state index is -4.17. The summed E-state index contributed by atoms with van der Waals surface area (Å²) < 4.78 is 9.09. The molecule has 0 atom stereocenters. The lowest BCUT2D eigenvalue weighted by Gasteiger charge is -1.98. The van der Waals surface area contributed by atoms with Gasteiger partial charge in [-0.15, -0.1) is 0 Å². The fourth-order valence-corrected chi connectivity index (χ4v) is 1.26. The van der Waals surface area contributed by atoms with E-state index >= 15 is 0 Å². The van der Waals surface area contributed by atoms with Crippen molar-refractivity contribution >= 4 is 18.2 Å². The van der Waals surface area contributed by atoms with Crippen molar-refractivity contribution in [2.24, 2.45) is 0 Å². The van der Waals surface area contributed by atoms with E-state index in [1.807, 2.05) is 12.1 Å². The molecule has 0 fully saturated rings. The number of benzene rings is 2. The van der Waals surface area contributed by atoms with Crippen LogP contribution in [0, 0.1) is 0 Å². The molecule has 0 amide bonds. The summed E-state index contributed by atoms with van der Waals surface area (Å²) in [6, 6.07) is 20.8. The van der Waals surface area contributed by atoms with Gasteiger partial charge in [0, 0.05) is 11.2 Å². The molecular weight excluding hydrogens is 259 g/mol. The van der Waals surface area contributed by atoms with Gasteiger partial charge in [-0.3, -0.25) is 0 Å². The van der Waals surface area contributed by atoms with Crippen LogP contribution in [0.1, 0.15) is 0 Å². The van der Waals surface area contributed by atoms with Crippen molar-refractivity contribution in [1.82, 2.24) is 0 Å². The van der Waals surface area contributed by atoms with Crippen LogP contribution in [0.25, 0.3) is 11.1 Å². The van der Waals surface area contributed by atoms with E-state index in [0.29, 0.717) is 0 Å². The van der Waals surface area contributed by atoms with Crippen molar-refractivity contribution < 1.29 is 14.4 Å². The molecule has 0 spiro atoms. The number of halogens is 1. The Bertz CT molecular complexity index is 436. The molecule has 0 saturated carbocycles. The van der Waals surface area contributed by atoms with Crippen molar-refractivity contribution in [3.8, 4) is 11.1 Å². The third kappa shape index (κ3) is 6.93. The van der Waals surface area contributed by atoms with E-state index in [-0.39, 0.29) is 0 Å². The summed E-state index contributed by atoms with van der Waals surface area (Å²) in [7, 11) is 0. The average Bonchev–Trinajstić information content (AvgIpc) is 2.29. The molecule has 0 saturated heterocycles. The SMILES string of the molecule is O=P(O)(O)Cl.c1ccc(-c2ccccc2)cc1. The first-order valence-corrected chi connectivity index (χ1v) is 7.34. The molecule has 3 nitrogen and oxygen atoms in total. The quantitative estimate of drug-likeness (QED) is 0.777. The predicted molar refractivity (Wildman–Crippen MR) is 69.8 cm³/mol. The molecule has 2 aromatic rings. The fraction of sp³-hybridized carbons (Fsp3) is 0. The van der Waals surface area contributed by atoms with E-state index in [0.717, 1.165) is 0 Å². The molecule has 0 unspecified atom stereocenters. The summed E-state index contributed by atoms with van der Waals surface area (Å²) in [5.41, 5.74) is 2.55. The molecule has 0 radical (unpaired) electrons. The number of hydrogen-bond acceptors (Lipinski definition) is 1. The topological polar surface area (TPSA) is 57.5 Å².